The van der Waals surface area contributed by atoms with Crippen molar-refractivity contribution in [2.24, 2.45) is 0 Å². The minimum absolute atomic E-state index is 0.134. The van der Waals surface area contributed by atoms with Gasteiger partial charge in [-0.1, -0.05) is 23.7 Å². The molecule has 0 aliphatic rings. The molecule has 2 aromatic rings. The first-order valence-electron chi connectivity index (χ1n) is 6.31. The number of methoxy groups -OCH3 is 1. The summed E-state index contributed by atoms with van der Waals surface area (Å²) in [5.41, 5.74) is 7.43. The van der Waals surface area contributed by atoms with Crippen LogP contribution in [0.4, 0.5) is 11.5 Å². The maximum absolute atomic E-state index is 6.04. The molecule has 1 atom stereocenters. The summed E-state index contributed by atoms with van der Waals surface area (Å²) >= 11 is 6.04. The maximum atomic E-state index is 6.04. The zero-order chi connectivity index (χ0) is 14.7. The number of hydrogen-bond donors (Lipinski definition) is 1. The van der Waals surface area contributed by atoms with E-state index in [-0.39, 0.29) is 6.04 Å². The van der Waals surface area contributed by atoms with Gasteiger partial charge in [0.15, 0.2) is 0 Å². The van der Waals surface area contributed by atoms with E-state index in [4.69, 9.17) is 22.1 Å². The van der Waals surface area contributed by atoms with E-state index < -0.39 is 0 Å². The minimum Gasteiger partial charge on any atom is -0.479 e. The van der Waals surface area contributed by atoms with E-state index in [1.807, 2.05) is 42.3 Å². The van der Waals surface area contributed by atoms with Crippen LogP contribution < -0.4 is 15.4 Å². The summed E-state index contributed by atoms with van der Waals surface area (Å²) in [7, 11) is 3.53. The average molecular weight is 292 g/mol. The number of nitrogen functional groups attached to an aromatic ring is 1. The summed E-state index contributed by atoms with van der Waals surface area (Å²) in [6.45, 7) is 2.09. The van der Waals surface area contributed by atoms with E-state index in [9.17, 15) is 0 Å². The summed E-state index contributed by atoms with van der Waals surface area (Å²) in [4.78, 5) is 6.45. The molecule has 0 spiro atoms. The highest BCUT2D eigenvalue weighted by molar-refractivity contribution is 6.30. The first kappa shape index (κ1) is 14.5. The van der Waals surface area contributed by atoms with Gasteiger partial charge in [0.2, 0.25) is 5.88 Å². The van der Waals surface area contributed by atoms with Gasteiger partial charge in [0.25, 0.3) is 0 Å². The Morgan fingerprint density at radius 2 is 2.05 bits per heavy atom. The van der Waals surface area contributed by atoms with Crippen LogP contribution in [-0.4, -0.2) is 19.1 Å². The highest BCUT2D eigenvalue weighted by Gasteiger charge is 2.15. The third kappa shape index (κ3) is 2.96. The lowest BCUT2D eigenvalue weighted by atomic mass is 10.1. The summed E-state index contributed by atoms with van der Waals surface area (Å²) in [6, 6.07) is 11.6. The topological polar surface area (TPSA) is 51.4 Å². The largest absolute Gasteiger partial charge is 0.479 e. The molecule has 20 heavy (non-hydrogen) atoms. The van der Waals surface area contributed by atoms with Crippen LogP contribution in [0.3, 0.4) is 0 Å². The van der Waals surface area contributed by atoms with Crippen LogP contribution in [0.15, 0.2) is 36.4 Å². The highest BCUT2D eigenvalue weighted by Crippen LogP contribution is 2.28. The molecule has 0 bridgehead atoms. The van der Waals surface area contributed by atoms with Gasteiger partial charge in [-0.25, -0.2) is 0 Å². The van der Waals surface area contributed by atoms with Crippen molar-refractivity contribution in [3.05, 3.63) is 47.0 Å². The molecule has 1 unspecified atom stereocenters. The van der Waals surface area contributed by atoms with Gasteiger partial charge in [-0.05, 0) is 36.8 Å². The van der Waals surface area contributed by atoms with Crippen molar-refractivity contribution < 1.29 is 4.74 Å². The molecule has 0 radical (unpaired) electrons. The van der Waals surface area contributed by atoms with Crippen LogP contribution in [0.1, 0.15) is 18.5 Å². The van der Waals surface area contributed by atoms with Crippen molar-refractivity contribution in [2.45, 2.75) is 13.0 Å². The lowest BCUT2D eigenvalue weighted by Crippen LogP contribution is -2.22. The maximum Gasteiger partial charge on any atom is 0.238 e. The van der Waals surface area contributed by atoms with Crippen LogP contribution in [0.2, 0.25) is 5.02 Å². The number of rotatable bonds is 4. The second-order valence-electron chi connectivity index (χ2n) is 4.61. The van der Waals surface area contributed by atoms with E-state index >= 15 is 0 Å². The standard InChI is InChI=1S/C15H18ClN3O/c1-10(11-5-4-6-12(16)9-11)19(2)14-8-7-13(17)15(18-14)20-3/h4-10H,17H2,1-3H3. The molecule has 0 saturated carbocycles. The van der Waals surface area contributed by atoms with Crippen molar-refractivity contribution in [1.82, 2.24) is 4.98 Å². The molecule has 0 fully saturated rings. The van der Waals surface area contributed by atoms with Crippen LogP contribution in [0.5, 0.6) is 5.88 Å². The lowest BCUT2D eigenvalue weighted by Gasteiger charge is -2.27. The van der Waals surface area contributed by atoms with Crippen LogP contribution >= 0.6 is 11.6 Å². The molecule has 0 aliphatic carbocycles. The normalized spacial score (nSPS) is 12.0. The average Bonchev–Trinajstić information content (AvgIpc) is 2.46. The van der Waals surface area contributed by atoms with Gasteiger partial charge in [-0.2, -0.15) is 4.98 Å². The number of hydrogen-bond acceptors (Lipinski definition) is 4. The monoisotopic (exact) mass is 291 g/mol. The predicted molar refractivity (Wildman–Crippen MR) is 83.5 cm³/mol. The zero-order valence-electron chi connectivity index (χ0n) is 11.8. The third-order valence-corrected chi connectivity index (χ3v) is 3.58. The number of benzene rings is 1. The van der Waals surface area contributed by atoms with Crippen LogP contribution in [0.25, 0.3) is 0 Å². The fourth-order valence-corrected chi connectivity index (χ4v) is 2.19. The Morgan fingerprint density at radius 3 is 2.70 bits per heavy atom. The summed E-state index contributed by atoms with van der Waals surface area (Å²) < 4.78 is 5.16. The Morgan fingerprint density at radius 1 is 1.30 bits per heavy atom. The Balaban J connectivity index is 2.28. The first-order valence-corrected chi connectivity index (χ1v) is 6.69. The molecule has 106 valence electrons. The number of pyridine rings is 1. The fourth-order valence-electron chi connectivity index (χ4n) is 1.99. The van der Waals surface area contributed by atoms with Gasteiger partial charge >= 0.3 is 0 Å². The Kier molecular flexibility index (Phi) is 4.35. The molecular formula is C15H18ClN3O. The minimum atomic E-state index is 0.134. The summed E-state index contributed by atoms with van der Waals surface area (Å²) in [5.74, 6) is 1.23. The zero-order valence-corrected chi connectivity index (χ0v) is 12.6. The predicted octanol–water partition coefficient (Wildman–Crippen LogP) is 3.52. The molecule has 0 aliphatic heterocycles. The number of ether oxygens (including phenoxy) is 1. The summed E-state index contributed by atoms with van der Waals surface area (Å²) in [6.07, 6.45) is 0. The molecule has 0 amide bonds. The molecule has 1 aromatic carbocycles. The van der Waals surface area contributed by atoms with E-state index in [0.717, 1.165) is 16.4 Å². The van der Waals surface area contributed by atoms with Gasteiger partial charge in [-0.3, -0.25) is 0 Å². The highest BCUT2D eigenvalue weighted by atomic mass is 35.5. The molecule has 4 nitrogen and oxygen atoms in total. The SMILES string of the molecule is COc1nc(N(C)C(C)c2cccc(Cl)c2)ccc1N. The number of nitrogens with two attached hydrogens (primary N) is 1. The molecular weight excluding hydrogens is 274 g/mol. The van der Waals surface area contributed by atoms with Gasteiger partial charge in [0.05, 0.1) is 18.8 Å². The second kappa shape index (κ2) is 6.01. The number of anilines is 2. The molecule has 2 rings (SSSR count). The smallest absolute Gasteiger partial charge is 0.238 e. The van der Waals surface area contributed by atoms with Crippen molar-refractivity contribution in [3.8, 4) is 5.88 Å². The molecule has 1 heterocycles. The Hall–Kier alpha value is -1.94. The van der Waals surface area contributed by atoms with Crippen molar-refractivity contribution in [1.29, 1.82) is 0 Å². The number of halogens is 1. The molecule has 1 aromatic heterocycles. The van der Waals surface area contributed by atoms with Crippen molar-refractivity contribution in [3.63, 3.8) is 0 Å². The summed E-state index contributed by atoms with van der Waals surface area (Å²) in [5, 5.41) is 0.727. The van der Waals surface area contributed by atoms with Gasteiger partial charge in [-0.15, -0.1) is 0 Å². The van der Waals surface area contributed by atoms with E-state index in [1.54, 1.807) is 13.2 Å². The van der Waals surface area contributed by atoms with Gasteiger partial charge in [0.1, 0.15) is 5.82 Å². The first-order chi connectivity index (χ1) is 9.52. The fraction of sp³-hybridized carbons (Fsp3) is 0.267. The quantitative estimate of drug-likeness (QED) is 0.936. The van der Waals surface area contributed by atoms with E-state index in [2.05, 4.69) is 11.9 Å². The Labute approximate surface area is 124 Å². The van der Waals surface area contributed by atoms with Gasteiger partial charge in [0, 0.05) is 12.1 Å². The van der Waals surface area contributed by atoms with Gasteiger partial charge < -0.3 is 15.4 Å². The van der Waals surface area contributed by atoms with Crippen molar-refractivity contribution >= 4 is 23.1 Å². The lowest BCUT2D eigenvalue weighted by molar-refractivity contribution is 0.400. The van der Waals surface area contributed by atoms with E-state index in [1.165, 1.54) is 0 Å². The second-order valence-corrected chi connectivity index (χ2v) is 5.05. The molecule has 0 saturated heterocycles. The molecule has 5 heteroatoms. The molecule has 2 N–H and O–H groups in total. The van der Waals surface area contributed by atoms with E-state index in [0.29, 0.717) is 11.6 Å². The Bertz CT molecular complexity index is 603. The third-order valence-electron chi connectivity index (χ3n) is 3.34. The number of aromatic nitrogens is 1. The van der Waals surface area contributed by atoms with Crippen molar-refractivity contribution in [2.75, 3.05) is 24.8 Å². The number of nitrogens with zero attached hydrogens (tertiary/aromatic N) is 2. The van der Waals surface area contributed by atoms with Crippen LogP contribution in [-0.2, 0) is 0 Å². The van der Waals surface area contributed by atoms with Crippen LogP contribution in [0, 0.1) is 0 Å².